The molecule has 16 heavy (non-hydrogen) atoms. The molecule has 2 rings (SSSR count). The molecule has 0 fully saturated rings. The fourth-order valence-electron chi connectivity index (χ4n) is 1.79. The van der Waals surface area contributed by atoms with Crippen LogP contribution in [0.5, 0.6) is 0 Å². The smallest absolute Gasteiger partial charge is 0.412 e. The number of rotatable bonds is 0. The molecule has 85 valence electrons. The number of aliphatic imine (C=N–C) groups is 1. The summed E-state index contributed by atoms with van der Waals surface area (Å²) >= 11 is 0. The normalized spacial score (nSPS) is 27.0. The van der Waals surface area contributed by atoms with Crippen LogP contribution in [-0.2, 0) is 37.2 Å². The Bertz CT molecular complexity index is 349. The van der Waals surface area contributed by atoms with Crippen molar-refractivity contribution >= 4 is 21.5 Å². The molecule has 0 aromatic carbocycles. The minimum atomic E-state index is -0.439. The molecule has 0 aromatic rings. The van der Waals surface area contributed by atoms with Crippen LogP contribution in [0.1, 0.15) is 0 Å². The Morgan fingerprint density at radius 2 is 2.44 bits per heavy atom. The van der Waals surface area contributed by atoms with Crippen LogP contribution in [-0.4, -0.2) is 47.7 Å². The van der Waals surface area contributed by atoms with Gasteiger partial charge in [-0.15, -0.1) is 0 Å². The first-order valence-corrected chi connectivity index (χ1v) is 4.98. The fraction of sp³-hybridized carbons (Fsp3) is 0.500. The van der Waals surface area contributed by atoms with Crippen LogP contribution >= 0.6 is 9.47 Å². The number of carbonyl (C=O) groups is 1. The quantitative estimate of drug-likeness (QED) is 0.491. The summed E-state index contributed by atoms with van der Waals surface area (Å²) in [6, 6.07) is -0.0460. The second kappa shape index (κ2) is 5.43. The Labute approximate surface area is 121 Å². The minimum absolute atomic E-state index is 0. The molecule has 2 aliphatic heterocycles. The van der Waals surface area contributed by atoms with Gasteiger partial charge in [-0.3, -0.25) is 4.90 Å². The van der Waals surface area contributed by atoms with E-state index in [0.29, 0.717) is 6.54 Å². The second-order valence-corrected chi connectivity index (χ2v) is 3.67. The van der Waals surface area contributed by atoms with Crippen molar-refractivity contribution in [3.8, 4) is 0 Å². The molecule has 1 unspecified atom stereocenters. The Balaban J connectivity index is 0.00000128. The SMILES string of the molecule is CN1C([NH-])=N[C@@H]2[C@H]1C=CCN2C(=O)OP.[Y]. The molecule has 1 amide bonds. The van der Waals surface area contributed by atoms with Crippen LogP contribution in [0.15, 0.2) is 17.1 Å². The number of hydrogen-bond acceptors (Lipinski definition) is 4. The molecule has 2 aliphatic rings. The molecular formula is C8H12N4O2PY-. The molecule has 1 radical (unpaired) electrons. The maximum Gasteiger partial charge on any atom is 0.412 e. The molecule has 0 bridgehead atoms. The number of guanidine groups is 1. The average Bonchev–Trinajstić information content (AvgIpc) is 2.54. The largest absolute Gasteiger partial charge is 0.435 e. The van der Waals surface area contributed by atoms with Crippen LogP contribution in [0.3, 0.4) is 0 Å². The van der Waals surface area contributed by atoms with Crippen molar-refractivity contribution in [2.45, 2.75) is 12.2 Å². The topological polar surface area (TPSA) is 68.9 Å². The standard InChI is InChI=1S/C8H12N4O2P.Y/c1-11-5-3-2-4-12(8(13)14-15)6(5)10-7(11)9;/h2-3,5-6H,4,15H2,1H3,(H-,9,10);/q-1;/t5-,6+;/m1./s1. The van der Waals surface area contributed by atoms with Gasteiger partial charge in [0.15, 0.2) is 0 Å². The summed E-state index contributed by atoms with van der Waals surface area (Å²) in [6.45, 7) is 0.471. The van der Waals surface area contributed by atoms with Gasteiger partial charge in [0.1, 0.15) is 0 Å². The van der Waals surface area contributed by atoms with Gasteiger partial charge in [-0.05, 0) is 7.05 Å². The van der Waals surface area contributed by atoms with Crippen molar-refractivity contribution in [1.29, 1.82) is 0 Å². The Hall–Kier alpha value is -0.186. The number of fused-ring (bicyclic) bond motifs is 1. The van der Waals surface area contributed by atoms with E-state index in [1.54, 1.807) is 11.9 Å². The van der Waals surface area contributed by atoms with E-state index in [1.165, 1.54) is 4.90 Å². The third-order valence-corrected chi connectivity index (χ3v) is 2.83. The van der Waals surface area contributed by atoms with Crippen molar-refractivity contribution in [3.05, 3.63) is 17.9 Å². The number of likely N-dealkylation sites (N-methyl/N-ethyl adjacent to an activating group) is 1. The number of carbonyl (C=O) groups excluding carboxylic acids is 1. The van der Waals surface area contributed by atoms with Crippen molar-refractivity contribution in [3.63, 3.8) is 0 Å². The van der Waals surface area contributed by atoms with Crippen LogP contribution < -0.4 is 0 Å². The molecule has 0 saturated heterocycles. The van der Waals surface area contributed by atoms with E-state index in [-0.39, 0.29) is 50.9 Å². The summed E-state index contributed by atoms with van der Waals surface area (Å²) in [7, 11) is 3.72. The molecule has 0 aromatic heterocycles. The number of nitrogens with zero attached hydrogens (tertiary/aromatic N) is 3. The van der Waals surface area contributed by atoms with Gasteiger partial charge in [0.2, 0.25) is 0 Å². The Morgan fingerprint density at radius 1 is 1.75 bits per heavy atom. The number of hydrogen-bond donors (Lipinski definition) is 0. The van der Waals surface area contributed by atoms with E-state index < -0.39 is 6.09 Å². The van der Waals surface area contributed by atoms with E-state index in [4.69, 9.17) is 5.73 Å². The Kier molecular flexibility index (Phi) is 4.71. The molecule has 1 N–H and O–H groups in total. The summed E-state index contributed by atoms with van der Waals surface area (Å²) < 4.78 is 4.59. The zero-order valence-electron chi connectivity index (χ0n) is 8.83. The number of nitrogens with one attached hydrogen (secondary N) is 1. The van der Waals surface area contributed by atoms with Gasteiger partial charge in [-0.25, -0.2) is 4.79 Å². The maximum atomic E-state index is 11.4. The summed E-state index contributed by atoms with van der Waals surface area (Å²) in [5.41, 5.74) is 7.58. The first-order chi connectivity index (χ1) is 7.15. The van der Waals surface area contributed by atoms with E-state index in [0.717, 1.165) is 0 Å². The molecule has 0 saturated carbocycles. The van der Waals surface area contributed by atoms with Gasteiger partial charge >= 0.3 is 6.09 Å². The zero-order chi connectivity index (χ0) is 11.0. The second-order valence-electron chi connectivity index (χ2n) is 3.43. The van der Waals surface area contributed by atoms with E-state index in [9.17, 15) is 4.79 Å². The predicted molar refractivity (Wildman–Crippen MR) is 59.1 cm³/mol. The van der Waals surface area contributed by atoms with Gasteiger partial charge in [0.25, 0.3) is 0 Å². The van der Waals surface area contributed by atoms with Crippen LogP contribution in [0.2, 0.25) is 0 Å². The first kappa shape index (κ1) is 13.9. The molecule has 6 nitrogen and oxygen atoms in total. The van der Waals surface area contributed by atoms with E-state index in [1.807, 2.05) is 21.6 Å². The summed E-state index contributed by atoms with van der Waals surface area (Å²) in [4.78, 5) is 18.8. The van der Waals surface area contributed by atoms with Crippen LogP contribution in [0.25, 0.3) is 5.73 Å². The van der Waals surface area contributed by atoms with Gasteiger partial charge in [0, 0.05) is 51.3 Å². The third kappa shape index (κ3) is 2.24. The van der Waals surface area contributed by atoms with Crippen LogP contribution in [0.4, 0.5) is 4.79 Å². The van der Waals surface area contributed by atoms with E-state index >= 15 is 0 Å². The van der Waals surface area contributed by atoms with Crippen molar-refractivity contribution in [2.75, 3.05) is 13.6 Å². The molecule has 8 heteroatoms. The average molecular weight is 316 g/mol. The molecule has 3 atom stereocenters. The van der Waals surface area contributed by atoms with Crippen molar-refractivity contribution in [1.82, 2.24) is 9.80 Å². The maximum absolute atomic E-state index is 11.4. The Morgan fingerprint density at radius 3 is 3.06 bits per heavy atom. The third-order valence-electron chi connectivity index (χ3n) is 2.63. The summed E-state index contributed by atoms with van der Waals surface area (Å²) in [5, 5.41) is 0. The minimum Gasteiger partial charge on any atom is -0.435 e. The molecule has 0 aliphatic carbocycles. The predicted octanol–water partition coefficient (Wildman–Crippen LogP) is 0.831. The summed E-state index contributed by atoms with van der Waals surface area (Å²) in [5.74, 6) is 0.193. The molecular weight excluding hydrogens is 304 g/mol. The van der Waals surface area contributed by atoms with Crippen molar-refractivity contribution in [2.24, 2.45) is 4.99 Å². The van der Waals surface area contributed by atoms with Gasteiger partial charge in [-0.1, -0.05) is 12.2 Å². The molecule has 2 heterocycles. The fourth-order valence-corrected chi connectivity index (χ4v) is 1.92. The van der Waals surface area contributed by atoms with Gasteiger partial charge < -0.3 is 20.1 Å². The molecule has 0 spiro atoms. The van der Waals surface area contributed by atoms with Crippen LogP contribution in [0, 0.1) is 0 Å². The first-order valence-electron chi connectivity index (χ1n) is 4.51. The summed E-state index contributed by atoms with van der Waals surface area (Å²) in [6.07, 6.45) is 3.07. The monoisotopic (exact) mass is 316 g/mol. The van der Waals surface area contributed by atoms with Crippen molar-refractivity contribution < 1.29 is 42.0 Å². The zero-order valence-corrected chi connectivity index (χ0v) is 12.8. The van der Waals surface area contributed by atoms with Gasteiger partial charge in [0.05, 0.1) is 15.6 Å². The van der Waals surface area contributed by atoms with E-state index in [2.05, 4.69) is 9.52 Å². The van der Waals surface area contributed by atoms with Gasteiger partial charge in [-0.2, -0.15) is 0 Å². The number of amides is 1.